The van der Waals surface area contributed by atoms with Gasteiger partial charge in [-0.25, -0.2) is 0 Å². The Kier molecular flexibility index (Phi) is 4.67. The SMILES string of the molecule is CCN1CCN(c2c(C(=O)c3ccccc3)cnc3ccccc23)CC1. The number of benzene rings is 2. The first kappa shape index (κ1) is 16.7. The first-order chi connectivity index (χ1) is 12.8. The molecule has 2 heterocycles. The standard InChI is InChI=1S/C22H23N3O/c1-2-24-12-14-25(15-13-24)21-18-10-6-7-11-20(18)23-16-19(21)22(26)17-8-4-3-5-9-17/h3-11,16H,2,12-15H2,1H3. The van der Waals surface area contributed by atoms with Crippen molar-refractivity contribution in [2.45, 2.75) is 6.92 Å². The van der Waals surface area contributed by atoms with E-state index in [0.717, 1.165) is 49.3 Å². The number of carbonyl (C=O) groups is 1. The van der Waals surface area contributed by atoms with E-state index in [0.29, 0.717) is 11.1 Å². The second-order valence-corrected chi connectivity index (χ2v) is 6.65. The highest BCUT2D eigenvalue weighted by atomic mass is 16.1. The van der Waals surface area contributed by atoms with Gasteiger partial charge in [-0.3, -0.25) is 9.78 Å². The van der Waals surface area contributed by atoms with Gasteiger partial charge < -0.3 is 9.80 Å². The number of rotatable bonds is 4. The van der Waals surface area contributed by atoms with Gasteiger partial charge in [0.15, 0.2) is 5.78 Å². The Hall–Kier alpha value is -2.72. The summed E-state index contributed by atoms with van der Waals surface area (Å²) in [7, 11) is 0. The van der Waals surface area contributed by atoms with E-state index in [4.69, 9.17) is 0 Å². The number of para-hydroxylation sites is 1. The largest absolute Gasteiger partial charge is 0.368 e. The van der Waals surface area contributed by atoms with Crippen molar-refractivity contribution in [3.8, 4) is 0 Å². The molecular weight excluding hydrogens is 322 g/mol. The summed E-state index contributed by atoms with van der Waals surface area (Å²) in [6, 6.07) is 17.6. The first-order valence-electron chi connectivity index (χ1n) is 9.22. The number of piperazine rings is 1. The summed E-state index contributed by atoms with van der Waals surface area (Å²) in [5, 5.41) is 1.05. The fourth-order valence-corrected chi connectivity index (χ4v) is 3.67. The molecule has 1 aromatic heterocycles. The van der Waals surface area contributed by atoms with Gasteiger partial charge in [0.25, 0.3) is 0 Å². The van der Waals surface area contributed by atoms with E-state index in [1.165, 1.54) is 0 Å². The maximum Gasteiger partial charge on any atom is 0.196 e. The molecule has 0 amide bonds. The lowest BCUT2D eigenvalue weighted by Gasteiger charge is -2.36. The topological polar surface area (TPSA) is 36.4 Å². The molecule has 0 unspecified atom stereocenters. The molecule has 0 spiro atoms. The predicted octanol–water partition coefficient (Wildman–Crippen LogP) is 3.61. The molecule has 132 valence electrons. The molecule has 1 saturated heterocycles. The lowest BCUT2D eigenvalue weighted by Crippen LogP contribution is -2.46. The van der Waals surface area contributed by atoms with Crippen molar-refractivity contribution in [2.75, 3.05) is 37.6 Å². The molecule has 4 heteroatoms. The normalized spacial score (nSPS) is 15.3. The molecule has 0 bridgehead atoms. The van der Waals surface area contributed by atoms with E-state index in [1.54, 1.807) is 6.20 Å². The number of hydrogen-bond donors (Lipinski definition) is 0. The van der Waals surface area contributed by atoms with E-state index >= 15 is 0 Å². The van der Waals surface area contributed by atoms with Crippen LogP contribution in [0.1, 0.15) is 22.8 Å². The molecule has 1 fully saturated rings. The zero-order chi connectivity index (χ0) is 17.9. The van der Waals surface area contributed by atoms with Crippen LogP contribution in [0.25, 0.3) is 10.9 Å². The van der Waals surface area contributed by atoms with Gasteiger partial charge in [0.1, 0.15) is 0 Å². The monoisotopic (exact) mass is 345 g/mol. The number of ketones is 1. The summed E-state index contributed by atoms with van der Waals surface area (Å²) < 4.78 is 0. The van der Waals surface area contributed by atoms with Crippen molar-refractivity contribution in [1.29, 1.82) is 0 Å². The van der Waals surface area contributed by atoms with Crippen LogP contribution in [0.15, 0.2) is 60.8 Å². The van der Waals surface area contributed by atoms with Gasteiger partial charge in [-0.1, -0.05) is 55.5 Å². The van der Waals surface area contributed by atoms with Crippen LogP contribution in [0.3, 0.4) is 0 Å². The molecule has 0 radical (unpaired) electrons. The minimum atomic E-state index is 0.0387. The van der Waals surface area contributed by atoms with Crippen molar-refractivity contribution in [1.82, 2.24) is 9.88 Å². The van der Waals surface area contributed by atoms with Crippen molar-refractivity contribution in [2.24, 2.45) is 0 Å². The molecule has 4 nitrogen and oxygen atoms in total. The highest BCUT2D eigenvalue weighted by Crippen LogP contribution is 2.32. The van der Waals surface area contributed by atoms with E-state index in [1.807, 2.05) is 48.5 Å². The van der Waals surface area contributed by atoms with Gasteiger partial charge >= 0.3 is 0 Å². The highest BCUT2D eigenvalue weighted by molar-refractivity contribution is 6.16. The molecule has 0 N–H and O–H groups in total. The van der Waals surface area contributed by atoms with E-state index in [2.05, 4.69) is 27.8 Å². The molecule has 26 heavy (non-hydrogen) atoms. The maximum atomic E-state index is 13.2. The number of pyridine rings is 1. The van der Waals surface area contributed by atoms with E-state index in [-0.39, 0.29) is 5.78 Å². The van der Waals surface area contributed by atoms with Gasteiger partial charge in [0.2, 0.25) is 0 Å². The molecule has 3 aromatic rings. The Morgan fingerprint density at radius 3 is 2.38 bits per heavy atom. The van der Waals surface area contributed by atoms with Gasteiger partial charge in [-0.2, -0.15) is 0 Å². The number of hydrogen-bond acceptors (Lipinski definition) is 4. The molecule has 2 aromatic carbocycles. The smallest absolute Gasteiger partial charge is 0.196 e. The summed E-state index contributed by atoms with van der Waals surface area (Å²) in [6.07, 6.45) is 1.75. The molecule has 1 aliphatic rings. The summed E-state index contributed by atoms with van der Waals surface area (Å²) in [4.78, 5) is 22.5. The van der Waals surface area contributed by atoms with Crippen LogP contribution in [-0.2, 0) is 0 Å². The average molecular weight is 345 g/mol. The molecular formula is C22H23N3O. The zero-order valence-corrected chi connectivity index (χ0v) is 15.1. The van der Waals surface area contributed by atoms with Gasteiger partial charge in [-0.15, -0.1) is 0 Å². The highest BCUT2D eigenvalue weighted by Gasteiger charge is 2.24. The van der Waals surface area contributed by atoms with Gasteiger partial charge in [0, 0.05) is 43.3 Å². The van der Waals surface area contributed by atoms with Crippen molar-refractivity contribution < 1.29 is 4.79 Å². The number of likely N-dealkylation sites (N-methyl/N-ethyl adjacent to an activating group) is 1. The summed E-state index contributed by atoms with van der Waals surface area (Å²) in [6.45, 7) is 7.16. The van der Waals surface area contributed by atoms with Crippen LogP contribution in [-0.4, -0.2) is 48.4 Å². The van der Waals surface area contributed by atoms with Crippen LogP contribution in [0.4, 0.5) is 5.69 Å². The molecule has 0 atom stereocenters. The van der Waals surface area contributed by atoms with Crippen molar-refractivity contribution >= 4 is 22.4 Å². The van der Waals surface area contributed by atoms with Crippen LogP contribution < -0.4 is 4.90 Å². The Morgan fingerprint density at radius 1 is 0.962 bits per heavy atom. The fourth-order valence-electron chi connectivity index (χ4n) is 3.67. The van der Waals surface area contributed by atoms with Crippen molar-refractivity contribution in [3.63, 3.8) is 0 Å². The summed E-state index contributed by atoms with van der Waals surface area (Å²) >= 11 is 0. The van der Waals surface area contributed by atoms with Gasteiger partial charge in [-0.05, 0) is 12.6 Å². The third-order valence-electron chi connectivity index (χ3n) is 5.16. The summed E-state index contributed by atoms with van der Waals surface area (Å²) in [5.74, 6) is 0.0387. The first-order valence-corrected chi connectivity index (χ1v) is 9.22. The van der Waals surface area contributed by atoms with Crippen molar-refractivity contribution in [3.05, 3.63) is 71.9 Å². The molecule has 0 saturated carbocycles. The van der Waals surface area contributed by atoms with E-state index < -0.39 is 0 Å². The maximum absolute atomic E-state index is 13.2. The number of carbonyl (C=O) groups excluding carboxylic acids is 1. The Morgan fingerprint density at radius 2 is 1.65 bits per heavy atom. The average Bonchev–Trinajstić information content (AvgIpc) is 2.73. The van der Waals surface area contributed by atoms with Crippen LogP contribution in [0.2, 0.25) is 0 Å². The van der Waals surface area contributed by atoms with Gasteiger partial charge in [0.05, 0.1) is 16.8 Å². The lowest BCUT2D eigenvalue weighted by molar-refractivity contribution is 0.103. The molecule has 0 aliphatic carbocycles. The Labute approximate surface area is 154 Å². The third kappa shape index (κ3) is 3.08. The van der Waals surface area contributed by atoms with Crippen LogP contribution in [0.5, 0.6) is 0 Å². The second kappa shape index (κ2) is 7.26. The molecule has 4 rings (SSSR count). The predicted molar refractivity (Wildman–Crippen MR) is 106 cm³/mol. The van der Waals surface area contributed by atoms with Crippen LogP contribution >= 0.6 is 0 Å². The number of anilines is 1. The number of nitrogens with zero attached hydrogens (tertiary/aromatic N) is 3. The second-order valence-electron chi connectivity index (χ2n) is 6.65. The third-order valence-corrected chi connectivity index (χ3v) is 5.16. The zero-order valence-electron chi connectivity index (χ0n) is 15.1. The fraction of sp³-hybridized carbons (Fsp3) is 0.273. The minimum absolute atomic E-state index is 0.0387. The number of fused-ring (bicyclic) bond motifs is 1. The Bertz CT molecular complexity index is 915. The Balaban J connectivity index is 1.81. The summed E-state index contributed by atoms with van der Waals surface area (Å²) in [5.41, 5.74) is 3.36. The quantitative estimate of drug-likeness (QED) is 0.677. The molecule has 1 aliphatic heterocycles. The van der Waals surface area contributed by atoms with E-state index in [9.17, 15) is 4.79 Å². The van der Waals surface area contributed by atoms with Crippen LogP contribution in [0, 0.1) is 0 Å². The minimum Gasteiger partial charge on any atom is -0.368 e. The lowest BCUT2D eigenvalue weighted by atomic mass is 9.99. The number of aromatic nitrogens is 1.